The molecule has 3 aliphatic heterocycles. The molecule has 0 aromatic heterocycles. The number of nitrogens with zero attached hydrogens (tertiary/aromatic N) is 1. The summed E-state index contributed by atoms with van der Waals surface area (Å²) in [5.41, 5.74) is 0. The maximum Gasteiger partial charge on any atom is 0.303 e. The van der Waals surface area contributed by atoms with Gasteiger partial charge in [0.2, 0.25) is 0 Å². The largest absolute Gasteiger partial charge is 0.481 e. The zero-order chi connectivity index (χ0) is 12.5. The molecule has 3 saturated heterocycles. The van der Waals surface area contributed by atoms with Crippen molar-refractivity contribution >= 4 is 5.97 Å². The van der Waals surface area contributed by atoms with Crippen molar-refractivity contribution < 1.29 is 14.6 Å². The summed E-state index contributed by atoms with van der Waals surface area (Å²) in [6.07, 6.45) is 7.88. The molecule has 3 aliphatic rings. The molecule has 3 atom stereocenters. The molecule has 1 N–H and O–H groups in total. The van der Waals surface area contributed by atoms with Gasteiger partial charge in [-0.15, -0.1) is 0 Å². The first-order valence-corrected chi connectivity index (χ1v) is 7.31. The van der Waals surface area contributed by atoms with Crippen molar-refractivity contribution in [3.63, 3.8) is 0 Å². The van der Waals surface area contributed by atoms with Crippen LogP contribution in [0.25, 0.3) is 0 Å². The standard InChI is InChI=1S/C14H23NO3/c16-14(17)8-10-6-11-3-4-12(7-10)15(11)9-13-2-1-5-18-13/h10-13H,1-9H2,(H,16,17). The van der Waals surface area contributed by atoms with E-state index in [2.05, 4.69) is 4.90 Å². The summed E-state index contributed by atoms with van der Waals surface area (Å²) in [4.78, 5) is 13.4. The second-order valence-electron chi connectivity index (χ2n) is 6.15. The van der Waals surface area contributed by atoms with E-state index in [0.717, 1.165) is 26.0 Å². The second kappa shape index (κ2) is 5.17. The van der Waals surface area contributed by atoms with Crippen LogP contribution in [0.2, 0.25) is 0 Å². The third kappa shape index (κ3) is 2.54. The molecule has 0 spiro atoms. The Labute approximate surface area is 108 Å². The fourth-order valence-electron chi connectivity index (χ4n) is 4.12. The Balaban J connectivity index is 1.57. The average molecular weight is 253 g/mol. The van der Waals surface area contributed by atoms with Crippen LogP contribution >= 0.6 is 0 Å². The topological polar surface area (TPSA) is 49.8 Å². The van der Waals surface area contributed by atoms with Crippen molar-refractivity contribution in [2.75, 3.05) is 13.2 Å². The summed E-state index contributed by atoms with van der Waals surface area (Å²) in [7, 11) is 0. The summed E-state index contributed by atoms with van der Waals surface area (Å²) in [6.45, 7) is 2.00. The summed E-state index contributed by atoms with van der Waals surface area (Å²) >= 11 is 0. The highest BCUT2D eigenvalue weighted by atomic mass is 16.5. The monoisotopic (exact) mass is 253 g/mol. The highest BCUT2D eigenvalue weighted by molar-refractivity contribution is 5.67. The maximum atomic E-state index is 10.8. The first-order chi connectivity index (χ1) is 8.72. The molecular weight excluding hydrogens is 230 g/mol. The Bertz CT molecular complexity index is 300. The minimum Gasteiger partial charge on any atom is -0.481 e. The third-order valence-electron chi connectivity index (χ3n) is 4.88. The van der Waals surface area contributed by atoms with Gasteiger partial charge >= 0.3 is 5.97 Å². The van der Waals surface area contributed by atoms with Crippen LogP contribution in [0.4, 0.5) is 0 Å². The van der Waals surface area contributed by atoms with Crippen LogP contribution < -0.4 is 0 Å². The molecule has 0 radical (unpaired) electrons. The van der Waals surface area contributed by atoms with Crippen molar-refractivity contribution in [2.24, 2.45) is 5.92 Å². The van der Waals surface area contributed by atoms with Gasteiger partial charge < -0.3 is 9.84 Å². The molecule has 0 aromatic carbocycles. The van der Waals surface area contributed by atoms with E-state index in [4.69, 9.17) is 9.84 Å². The molecule has 3 unspecified atom stereocenters. The molecule has 102 valence electrons. The fraction of sp³-hybridized carbons (Fsp3) is 0.929. The predicted molar refractivity (Wildman–Crippen MR) is 67.5 cm³/mol. The Morgan fingerprint density at radius 1 is 1.22 bits per heavy atom. The molecule has 0 aromatic rings. The highest BCUT2D eigenvalue weighted by Gasteiger charge is 2.42. The molecule has 4 heteroatoms. The van der Waals surface area contributed by atoms with Gasteiger partial charge in [-0.3, -0.25) is 9.69 Å². The molecule has 0 saturated carbocycles. The van der Waals surface area contributed by atoms with Crippen LogP contribution in [0.15, 0.2) is 0 Å². The van der Waals surface area contributed by atoms with E-state index >= 15 is 0 Å². The minimum atomic E-state index is -0.632. The number of hydrogen-bond acceptors (Lipinski definition) is 3. The normalized spacial score (nSPS) is 40.2. The number of ether oxygens (including phenoxy) is 1. The van der Waals surface area contributed by atoms with E-state index in [1.165, 1.54) is 25.7 Å². The smallest absolute Gasteiger partial charge is 0.303 e. The van der Waals surface area contributed by atoms with Crippen LogP contribution in [0.1, 0.15) is 44.9 Å². The van der Waals surface area contributed by atoms with Crippen LogP contribution in [-0.4, -0.2) is 47.3 Å². The summed E-state index contributed by atoms with van der Waals surface area (Å²) in [5, 5.41) is 8.92. The lowest BCUT2D eigenvalue weighted by molar-refractivity contribution is -0.138. The van der Waals surface area contributed by atoms with Gasteiger partial charge in [-0.05, 0) is 44.4 Å². The van der Waals surface area contributed by atoms with Crippen molar-refractivity contribution in [1.82, 2.24) is 4.90 Å². The maximum absolute atomic E-state index is 10.8. The second-order valence-corrected chi connectivity index (χ2v) is 6.15. The van der Waals surface area contributed by atoms with Crippen LogP contribution in [0.3, 0.4) is 0 Å². The van der Waals surface area contributed by atoms with E-state index in [1.807, 2.05) is 0 Å². The number of rotatable bonds is 4. The van der Waals surface area contributed by atoms with Gasteiger partial charge in [0, 0.05) is 31.7 Å². The lowest BCUT2D eigenvalue weighted by Gasteiger charge is -2.39. The Morgan fingerprint density at radius 3 is 2.50 bits per heavy atom. The molecule has 4 nitrogen and oxygen atoms in total. The number of carboxylic acid groups (broad SMARTS) is 1. The summed E-state index contributed by atoms with van der Waals surface area (Å²) in [5.74, 6) is -0.229. The summed E-state index contributed by atoms with van der Waals surface area (Å²) < 4.78 is 5.74. The number of carbonyl (C=O) groups is 1. The molecule has 0 amide bonds. The Kier molecular flexibility index (Phi) is 3.57. The predicted octanol–water partition coefficient (Wildman–Crippen LogP) is 1.88. The number of carboxylic acids is 1. The van der Waals surface area contributed by atoms with E-state index in [9.17, 15) is 4.79 Å². The zero-order valence-corrected chi connectivity index (χ0v) is 10.9. The van der Waals surface area contributed by atoms with E-state index in [-0.39, 0.29) is 0 Å². The molecule has 2 bridgehead atoms. The van der Waals surface area contributed by atoms with Crippen molar-refractivity contribution in [3.8, 4) is 0 Å². The SMILES string of the molecule is O=C(O)CC1CC2CCC(C1)N2CC1CCCO1. The Hall–Kier alpha value is -0.610. The molecule has 3 rings (SSSR count). The van der Waals surface area contributed by atoms with Gasteiger partial charge in [-0.25, -0.2) is 0 Å². The molecule has 3 heterocycles. The molecule has 3 fully saturated rings. The number of fused-ring (bicyclic) bond motifs is 2. The number of aliphatic carboxylic acids is 1. The Morgan fingerprint density at radius 2 is 1.94 bits per heavy atom. The van der Waals surface area contributed by atoms with E-state index < -0.39 is 5.97 Å². The number of piperidine rings is 1. The highest BCUT2D eigenvalue weighted by Crippen LogP contribution is 2.40. The van der Waals surface area contributed by atoms with Gasteiger partial charge in [-0.1, -0.05) is 0 Å². The van der Waals surface area contributed by atoms with Crippen molar-refractivity contribution in [3.05, 3.63) is 0 Å². The first kappa shape index (κ1) is 12.4. The first-order valence-electron chi connectivity index (χ1n) is 7.31. The van der Waals surface area contributed by atoms with Crippen molar-refractivity contribution in [2.45, 2.75) is 63.1 Å². The van der Waals surface area contributed by atoms with Crippen molar-refractivity contribution in [1.29, 1.82) is 0 Å². The van der Waals surface area contributed by atoms with E-state index in [1.54, 1.807) is 0 Å². The quantitative estimate of drug-likeness (QED) is 0.831. The molecular formula is C14H23NO3. The van der Waals surface area contributed by atoms with Crippen LogP contribution in [0, 0.1) is 5.92 Å². The fourth-order valence-corrected chi connectivity index (χ4v) is 4.12. The molecule has 18 heavy (non-hydrogen) atoms. The molecule has 0 aliphatic carbocycles. The lowest BCUT2D eigenvalue weighted by Crippen LogP contribution is -2.46. The number of hydrogen-bond donors (Lipinski definition) is 1. The van der Waals surface area contributed by atoms with Gasteiger partial charge in [-0.2, -0.15) is 0 Å². The van der Waals surface area contributed by atoms with Crippen LogP contribution in [0.5, 0.6) is 0 Å². The van der Waals surface area contributed by atoms with Gasteiger partial charge in [0.25, 0.3) is 0 Å². The third-order valence-corrected chi connectivity index (χ3v) is 4.88. The lowest BCUT2D eigenvalue weighted by atomic mass is 9.88. The van der Waals surface area contributed by atoms with Gasteiger partial charge in [0.1, 0.15) is 0 Å². The average Bonchev–Trinajstić information content (AvgIpc) is 2.88. The van der Waals surface area contributed by atoms with Gasteiger partial charge in [0.05, 0.1) is 6.10 Å². The minimum absolute atomic E-state index is 0.362. The van der Waals surface area contributed by atoms with E-state index in [0.29, 0.717) is 30.5 Å². The van der Waals surface area contributed by atoms with Crippen LogP contribution in [-0.2, 0) is 9.53 Å². The van der Waals surface area contributed by atoms with Gasteiger partial charge in [0.15, 0.2) is 0 Å². The summed E-state index contributed by atoms with van der Waals surface area (Å²) in [6, 6.07) is 1.24. The zero-order valence-electron chi connectivity index (χ0n) is 10.9.